The van der Waals surface area contributed by atoms with Crippen LogP contribution in [0.15, 0.2) is 0 Å². The van der Waals surface area contributed by atoms with Crippen LogP contribution in [-0.2, 0) is 4.74 Å². The minimum Gasteiger partial charge on any atom is -0.465 e. The first-order valence-corrected chi connectivity index (χ1v) is 8.58. The number of nitrogens with zero attached hydrogens (tertiary/aromatic N) is 2. The zero-order chi connectivity index (χ0) is 17.1. The molecule has 0 aromatic carbocycles. The number of carbonyl (C=O) groups excluding carboxylic acids is 2. The van der Waals surface area contributed by atoms with Gasteiger partial charge in [0.1, 0.15) is 5.00 Å². The Morgan fingerprint density at radius 1 is 1.30 bits per heavy atom. The highest BCUT2D eigenvalue weighted by Crippen LogP contribution is 2.34. The van der Waals surface area contributed by atoms with E-state index in [4.69, 9.17) is 17.0 Å². The fraction of sp³-hybridized carbons (Fsp3) is 0.533. The monoisotopic (exact) mass is 355 g/mol. The van der Waals surface area contributed by atoms with E-state index in [0.29, 0.717) is 26.1 Å². The van der Waals surface area contributed by atoms with Crippen molar-refractivity contribution in [1.29, 1.82) is 0 Å². The van der Waals surface area contributed by atoms with Crippen LogP contribution in [0, 0.1) is 6.92 Å². The van der Waals surface area contributed by atoms with Gasteiger partial charge in [0.05, 0.1) is 17.6 Å². The summed E-state index contributed by atoms with van der Waals surface area (Å²) in [4.78, 5) is 28.5. The van der Waals surface area contributed by atoms with Gasteiger partial charge in [0.2, 0.25) is 0 Å². The molecule has 0 aliphatic carbocycles. The Morgan fingerprint density at radius 2 is 1.91 bits per heavy atom. The number of esters is 1. The summed E-state index contributed by atoms with van der Waals surface area (Å²) >= 11 is 6.66. The highest BCUT2D eigenvalue weighted by atomic mass is 32.1. The molecule has 1 fully saturated rings. The molecule has 0 bridgehead atoms. The van der Waals surface area contributed by atoms with Gasteiger partial charge in [-0.25, -0.2) is 4.79 Å². The first-order chi connectivity index (χ1) is 10.9. The van der Waals surface area contributed by atoms with E-state index in [9.17, 15) is 9.59 Å². The lowest BCUT2D eigenvalue weighted by molar-refractivity contribution is 0.0601. The summed E-state index contributed by atoms with van der Waals surface area (Å²) in [5.74, 6) is -0.610. The fourth-order valence-corrected chi connectivity index (χ4v) is 4.02. The Kier molecular flexibility index (Phi) is 5.59. The molecular weight excluding hydrogens is 334 g/mol. The zero-order valence-corrected chi connectivity index (χ0v) is 15.4. The molecule has 0 unspecified atom stereocenters. The van der Waals surface area contributed by atoms with Gasteiger partial charge in [-0.1, -0.05) is 0 Å². The average Bonchev–Trinajstić information content (AvgIpc) is 3.14. The van der Waals surface area contributed by atoms with Gasteiger partial charge in [-0.2, -0.15) is 0 Å². The number of rotatable bonds is 3. The number of likely N-dealkylation sites (tertiary alicyclic amines) is 1. The van der Waals surface area contributed by atoms with Crippen molar-refractivity contribution in [3.05, 3.63) is 16.0 Å². The van der Waals surface area contributed by atoms with Gasteiger partial charge < -0.3 is 19.9 Å². The number of thiophene rings is 1. The Bertz CT molecular complexity index is 634. The molecule has 0 saturated carbocycles. The molecule has 1 saturated heterocycles. The lowest BCUT2D eigenvalue weighted by Crippen LogP contribution is -2.32. The maximum Gasteiger partial charge on any atom is 0.341 e. The molecule has 6 nitrogen and oxygen atoms in total. The maximum atomic E-state index is 12.3. The molecule has 1 aliphatic rings. The number of thiocarbonyl (C=S) groups is 1. The fourth-order valence-electron chi connectivity index (χ4n) is 2.45. The molecule has 1 amide bonds. The van der Waals surface area contributed by atoms with Crippen LogP contribution >= 0.6 is 23.6 Å². The number of nitrogens with one attached hydrogen (secondary N) is 1. The Balaban J connectivity index is 2.36. The molecule has 1 aliphatic heterocycles. The van der Waals surface area contributed by atoms with Gasteiger partial charge in [-0.15, -0.1) is 11.3 Å². The number of ether oxygens (including phenoxy) is 1. The van der Waals surface area contributed by atoms with Crippen LogP contribution in [0.3, 0.4) is 0 Å². The predicted octanol–water partition coefficient (Wildman–Crippen LogP) is 2.34. The lowest BCUT2D eigenvalue weighted by atomic mass is 10.1. The first kappa shape index (κ1) is 17.7. The van der Waals surface area contributed by atoms with Crippen LogP contribution in [0.1, 0.15) is 38.4 Å². The number of hydrogen-bond donors (Lipinski definition) is 1. The van der Waals surface area contributed by atoms with Crippen molar-refractivity contribution in [3.63, 3.8) is 0 Å². The molecule has 2 rings (SSSR count). The SMILES string of the molecule is COC(=O)c1c(NC(=S)N2CCCC2)sc(C(=O)N(C)C)c1C. The first-order valence-electron chi connectivity index (χ1n) is 7.36. The highest BCUT2D eigenvalue weighted by molar-refractivity contribution is 7.80. The summed E-state index contributed by atoms with van der Waals surface area (Å²) in [7, 11) is 4.69. The van der Waals surface area contributed by atoms with E-state index >= 15 is 0 Å². The largest absolute Gasteiger partial charge is 0.465 e. The topological polar surface area (TPSA) is 61.9 Å². The summed E-state index contributed by atoms with van der Waals surface area (Å²) in [6, 6.07) is 0. The van der Waals surface area contributed by atoms with Crippen LogP contribution in [0.4, 0.5) is 5.00 Å². The third kappa shape index (κ3) is 3.64. The molecule has 23 heavy (non-hydrogen) atoms. The smallest absolute Gasteiger partial charge is 0.341 e. The number of amides is 1. The molecule has 1 aromatic rings. The molecule has 1 aromatic heterocycles. The molecule has 126 valence electrons. The molecule has 0 radical (unpaired) electrons. The van der Waals surface area contributed by atoms with E-state index in [-0.39, 0.29) is 5.91 Å². The van der Waals surface area contributed by atoms with Crippen LogP contribution < -0.4 is 5.32 Å². The van der Waals surface area contributed by atoms with Crippen molar-refractivity contribution in [1.82, 2.24) is 9.80 Å². The number of hydrogen-bond acceptors (Lipinski definition) is 5. The van der Waals surface area contributed by atoms with Crippen LogP contribution in [0.5, 0.6) is 0 Å². The van der Waals surface area contributed by atoms with Crippen molar-refractivity contribution < 1.29 is 14.3 Å². The van der Waals surface area contributed by atoms with E-state index in [2.05, 4.69) is 10.2 Å². The molecule has 1 N–H and O–H groups in total. The number of methoxy groups -OCH3 is 1. The highest BCUT2D eigenvalue weighted by Gasteiger charge is 2.27. The van der Waals surface area contributed by atoms with Gasteiger partial charge in [0, 0.05) is 27.2 Å². The molecule has 2 heterocycles. The normalized spacial score (nSPS) is 13.8. The van der Waals surface area contributed by atoms with Crippen LogP contribution in [0.25, 0.3) is 0 Å². The Morgan fingerprint density at radius 3 is 2.43 bits per heavy atom. The van der Waals surface area contributed by atoms with Crippen LogP contribution in [-0.4, -0.2) is 61.1 Å². The number of anilines is 1. The van der Waals surface area contributed by atoms with E-state index in [1.54, 1.807) is 21.0 Å². The Hall–Kier alpha value is -1.67. The summed E-state index contributed by atoms with van der Waals surface area (Å²) < 4.78 is 4.86. The van der Waals surface area contributed by atoms with Crippen molar-refractivity contribution in [2.75, 3.05) is 39.6 Å². The van der Waals surface area contributed by atoms with Gasteiger partial charge in [0.15, 0.2) is 5.11 Å². The summed E-state index contributed by atoms with van der Waals surface area (Å²) in [6.07, 6.45) is 2.22. The molecule has 0 atom stereocenters. The van der Waals surface area contributed by atoms with Gasteiger partial charge in [-0.05, 0) is 37.5 Å². The number of carbonyl (C=O) groups is 2. The molecule has 0 spiro atoms. The van der Waals surface area contributed by atoms with E-state index in [1.807, 2.05) is 0 Å². The van der Waals surface area contributed by atoms with Gasteiger partial charge in [0.25, 0.3) is 5.91 Å². The van der Waals surface area contributed by atoms with Crippen molar-refractivity contribution in [3.8, 4) is 0 Å². The van der Waals surface area contributed by atoms with E-state index < -0.39 is 5.97 Å². The van der Waals surface area contributed by atoms with Gasteiger partial charge in [-0.3, -0.25) is 4.79 Å². The molecule has 8 heteroatoms. The summed E-state index contributed by atoms with van der Waals surface area (Å²) in [6.45, 7) is 3.57. The quantitative estimate of drug-likeness (QED) is 0.663. The predicted molar refractivity (Wildman–Crippen MR) is 95.4 cm³/mol. The van der Waals surface area contributed by atoms with Crippen LogP contribution in [0.2, 0.25) is 0 Å². The second-order valence-corrected chi connectivity index (χ2v) is 6.98. The van der Waals surface area contributed by atoms with Gasteiger partial charge >= 0.3 is 5.97 Å². The van der Waals surface area contributed by atoms with E-state index in [1.165, 1.54) is 23.3 Å². The zero-order valence-electron chi connectivity index (χ0n) is 13.8. The standard InChI is InChI=1S/C15H21N3O3S2/c1-9-10(14(20)21-4)12(23-11(9)13(19)17(2)3)16-15(22)18-7-5-6-8-18/h5-8H2,1-4H3,(H,16,22). The summed E-state index contributed by atoms with van der Waals surface area (Å²) in [5, 5.41) is 4.27. The Labute approximate surface area is 145 Å². The van der Waals surface area contributed by atoms with E-state index in [0.717, 1.165) is 25.9 Å². The maximum absolute atomic E-state index is 12.3. The minimum atomic E-state index is -0.469. The minimum absolute atomic E-state index is 0.141. The third-order valence-electron chi connectivity index (χ3n) is 3.75. The second-order valence-electron chi connectivity index (χ2n) is 5.58. The average molecular weight is 355 g/mol. The van der Waals surface area contributed by atoms with Crippen molar-refractivity contribution >= 4 is 45.5 Å². The second kappa shape index (κ2) is 7.27. The van der Waals surface area contributed by atoms with Crippen molar-refractivity contribution in [2.45, 2.75) is 19.8 Å². The van der Waals surface area contributed by atoms with Crippen molar-refractivity contribution in [2.24, 2.45) is 0 Å². The summed E-state index contributed by atoms with van der Waals surface area (Å²) in [5.41, 5.74) is 0.997. The lowest BCUT2D eigenvalue weighted by Gasteiger charge is -2.19. The molecular formula is C15H21N3O3S2. The third-order valence-corrected chi connectivity index (χ3v) is 5.31.